The van der Waals surface area contributed by atoms with Gasteiger partial charge in [0.1, 0.15) is 5.75 Å². The molecule has 3 N–H and O–H groups in total. The van der Waals surface area contributed by atoms with Crippen molar-refractivity contribution >= 4 is 23.1 Å². The summed E-state index contributed by atoms with van der Waals surface area (Å²) >= 11 is 0. The van der Waals surface area contributed by atoms with Crippen molar-refractivity contribution in [2.75, 3.05) is 12.4 Å². The van der Waals surface area contributed by atoms with Gasteiger partial charge in [-0.15, -0.1) is 0 Å². The number of carbonyl (C=O) groups is 2. The van der Waals surface area contributed by atoms with Crippen molar-refractivity contribution < 1.29 is 27.5 Å². The Balaban J connectivity index is 1.76. The molecule has 0 spiro atoms. The van der Waals surface area contributed by atoms with Crippen LogP contribution in [-0.2, 0) is 12.7 Å². The van der Waals surface area contributed by atoms with Crippen LogP contribution in [0, 0.1) is 0 Å². The summed E-state index contributed by atoms with van der Waals surface area (Å²) in [7, 11) is 1.47. The van der Waals surface area contributed by atoms with E-state index >= 15 is 0 Å². The Labute approximate surface area is 190 Å². The summed E-state index contributed by atoms with van der Waals surface area (Å²) in [6, 6.07) is 8.29. The highest BCUT2D eigenvalue weighted by molar-refractivity contribution is 6.07. The molecule has 0 saturated carbocycles. The molecule has 0 radical (unpaired) electrons. The van der Waals surface area contributed by atoms with E-state index in [-0.39, 0.29) is 28.4 Å². The second-order valence-electron chi connectivity index (χ2n) is 7.12. The third kappa shape index (κ3) is 4.27. The minimum absolute atomic E-state index is 0.0133. The number of nitrogens with zero attached hydrogens (tertiary/aromatic N) is 5. The lowest BCUT2D eigenvalue weighted by molar-refractivity contribution is -0.142. The monoisotopic (exact) mass is 473 g/mol. The zero-order chi connectivity index (χ0) is 24.6. The van der Waals surface area contributed by atoms with Crippen molar-refractivity contribution in [1.29, 1.82) is 0 Å². The number of fused-ring (bicyclic) bond motifs is 1. The molecule has 13 heteroatoms. The zero-order valence-electron chi connectivity index (χ0n) is 17.9. The van der Waals surface area contributed by atoms with Crippen molar-refractivity contribution in [3.05, 3.63) is 59.7 Å². The first-order chi connectivity index (χ1) is 16.1. The van der Waals surface area contributed by atoms with Gasteiger partial charge >= 0.3 is 6.18 Å². The summed E-state index contributed by atoms with van der Waals surface area (Å²) in [4.78, 5) is 28.6. The molecule has 0 unspecified atom stereocenters. The highest BCUT2D eigenvalue weighted by Gasteiger charge is 2.35. The zero-order valence-corrected chi connectivity index (χ0v) is 17.9. The molecule has 3 heterocycles. The number of rotatable bonds is 6. The maximum atomic E-state index is 13.8. The number of alkyl halides is 3. The lowest BCUT2D eigenvalue weighted by Crippen LogP contribution is -2.18. The number of hydrogen-bond donors (Lipinski definition) is 2. The third-order valence-electron chi connectivity index (χ3n) is 4.90. The molecule has 2 amide bonds. The van der Waals surface area contributed by atoms with Gasteiger partial charge in [0.15, 0.2) is 22.7 Å². The van der Waals surface area contributed by atoms with Crippen molar-refractivity contribution in [1.82, 2.24) is 24.4 Å². The summed E-state index contributed by atoms with van der Waals surface area (Å²) < 4.78 is 48.4. The number of aromatic nitrogens is 5. The highest BCUT2D eigenvalue weighted by atomic mass is 19.4. The molecule has 4 aromatic rings. The Morgan fingerprint density at radius 3 is 2.44 bits per heavy atom. The Kier molecular flexibility index (Phi) is 5.69. The number of nitrogens with two attached hydrogens (primary N) is 1. The number of nitrogens with one attached hydrogen (secondary N) is 1. The van der Waals surface area contributed by atoms with Crippen LogP contribution in [0.1, 0.15) is 33.6 Å². The fraction of sp³-hybridized carbons (Fsp3) is 0.190. The van der Waals surface area contributed by atoms with Crippen molar-refractivity contribution in [2.45, 2.75) is 19.6 Å². The number of anilines is 1. The van der Waals surface area contributed by atoms with E-state index in [2.05, 4.69) is 20.5 Å². The number of aryl methyl sites for hydroxylation is 1. The lowest BCUT2D eigenvalue weighted by atomic mass is 10.1. The first-order valence-corrected chi connectivity index (χ1v) is 9.91. The molecule has 1 aromatic carbocycles. The van der Waals surface area contributed by atoms with Gasteiger partial charge in [-0.3, -0.25) is 14.3 Å². The van der Waals surface area contributed by atoms with E-state index in [1.807, 2.05) is 0 Å². The molecule has 4 rings (SSSR count). The normalized spacial score (nSPS) is 11.6. The van der Waals surface area contributed by atoms with Gasteiger partial charge in [-0.1, -0.05) is 0 Å². The summed E-state index contributed by atoms with van der Waals surface area (Å²) in [6.45, 7) is 2.16. The predicted molar refractivity (Wildman–Crippen MR) is 114 cm³/mol. The van der Waals surface area contributed by atoms with Crippen LogP contribution in [0.5, 0.6) is 5.75 Å². The number of hydrogen-bond acceptors (Lipinski definition) is 6. The second kappa shape index (κ2) is 8.50. The third-order valence-corrected chi connectivity index (χ3v) is 4.90. The van der Waals surface area contributed by atoms with Crippen LogP contribution < -0.4 is 15.8 Å². The van der Waals surface area contributed by atoms with Gasteiger partial charge in [0.2, 0.25) is 0 Å². The number of carbonyl (C=O) groups excluding carboxylic acids is 2. The van der Waals surface area contributed by atoms with Gasteiger partial charge in [0, 0.05) is 24.4 Å². The van der Waals surface area contributed by atoms with Crippen LogP contribution in [-0.4, -0.2) is 43.3 Å². The van der Waals surface area contributed by atoms with E-state index in [4.69, 9.17) is 10.5 Å². The average Bonchev–Trinajstić information content (AvgIpc) is 3.42. The maximum Gasteiger partial charge on any atom is 0.433 e. The molecule has 34 heavy (non-hydrogen) atoms. The van der Waals surface area contributed by atoms with E-state index in [1.165, 1.54) is 18.0 Å². The number of methoxy groups -OCH3 is 1. The molecule has 0 fully saturated rings. The van der Waals surface area contributed by atoms with Crippen LogP contribution >= 0.6 is 0 Å². The van der Waals surface area contributed by atoms with Gasteiger partial charge in [-0.25, -0.2) is 9.50 Å². The van der Waals surface area contributed by atoms with Crippen LogP contribution in [0.25, 0.3) is 16.9 Å². The molecule has 0 aliphatic rings. The van der Waals surface area contributed by atoms with E-state index in [1.54, 1.807) is 31.2 Å². The largest absolute Gasteiger partial charge is 0.497 e. The molecular weight excluding hydrogens is 455 g/mol. The average molecular weight is 473 g/mol. The molecular formula is C21H18F3N7O3. The van der Waals surface area contributed by atoms with Crippen LogP contribution in [0.3, 0.4) is 0 Å². The highest BCUT2D eigenvalue weighted by Crippen LogP contribution is 2.32. The summed E-state index contributed by atoms with van der Waals surface area (Å²) in [5.41, 5.74) is 3.92. The standard InChI is InChI=1S/C21H18F3N7O3/c1-3-30-10-15(18(29-30)19(25)32)27-20(33)14-9-17-26-13(11-4-6-12(34-2)7-5-11)8-16(21(22,23)24)31(17)28-14/h4-10H,3H2,1-2H3,(H2,25,32)(H,27,33). The summed E-state index contributed by atoms with van der Waals surface area (Å²) in [5.74, 6) is -1.20. The van der Waals surface area contributed by atoms with E-state index in [9.17, 15) is 22.8 Å². The van der Waals surface area contributed by atoms with Crippen molar-refractivity contribution in [3.8, 4) is 17.0 Å². The second-order valence-corrected chi connectivity index (χ2v) is 7.12. The molecule has 3 aromatic heterocycles. The van der Waals surface area contributed by atoms with E-state index < -0.39 is 23.7 Å². The predicted octanol–water partition coefficient (Wildman–Crippen LogP) is 2.99. The van der Waals surface area contributed by atoms with Crippen molar-refractivity contribution in [2.24, 2.45) is 5.73 Å². The van der Waals surface area contributed by atoms with Crippen molar-refractivity contribution in [3.63, 3.8) is 0 Å². The minimum atomic E-state index is -4.77. The number of halogens is 3. The first kappa shape index (κ1) is 22.8. The SMILES string of the molecule is CCn1cc(NC(=O)c2cc3nc(-c4ccc(OC)cc4)cc(C(F)(F)F)n3n2)c(C(N)=O)n1. The summed E-state index contributed by atoms with van der Waals surface area (Å²) in [5, 5.41) is 10.2. The van der Waals surface area contributed by atoms with E-state index in [0.29, 0.717) is 22.4 Å². The molecule has 0 aliphatic heterocycles. The quantitative estimate of drug-likeness (QED) is 0.443. The van der Waals surface area contributed by atoms with Gasteiger partial charge in [0.05, 0.1) is 18.5 Å². The molecule has 176 valence electrons. The molecule has 10 nitrogen and oxygen atoms in total. The minimum Gasteiger partial charge on any atom is -0.497 e. The Morgan fingerprint density at radius 1 is 1.15 bits per heavy atom. The van der Waals surface area contributed by atoms with E-state index in [0.717, 1.165) is 12.1 Å². The fourth-order valence-corrected chi connectivity index (χ4v) is 3.24. The van der Waals surface area contributed by atoms with Gasteiger partial charge in [-0.2, -0.15) is 23.4 Å². The van der Waals surface area contributed by atoms with Gasteiger partial charge in [0.25, 0.3) is 11.8 Å². The van der Waals surface area contributed by atoms with Crippen LogP contribution in [0.2, 0.25) is 0 Å². The maximum absolute atomic E-state index is 13.8. The van der Waals surface area contributed by atoms with Crippen LogP contribution in [0.15, 0.2) is 42.6 Å². The smallest absolute Gasteiger partial charge is 0.433 e. The molecule has 0 saturated heterocycles. The van der Waals surface area contributed by atoms with Gasteiger partial charge < -0.3 is 15.8 Å². The topological polar surface area (TPSA) is 129 Å². The Hall–Kier alpha value is -4.42. The first-order valence-electron chi connectivity index (χ1n) is 9.91. The van der Waals surface area contributed by atoms with Crippen LogP contribution in [0.4, 0.5) is 18.9 Å². The Morgan fingerprint density at radius 2 is 1.85 bits per heavy atom. The lowest BCUT2D eigenvalue weighted by Gasteiger charge is -2.11. The molecule has 0 atom stereocenters. The number of benzene rings is 1. The number of amides is 2. The number of primary amides is 1. The Bertz CT molecular complexity index is 1390. The fourth-order valence-electron chi connectivity index (χ4n) is 3.24. The molecule has 0 bridgehead atoms. The van der Waals surface area contributed by atoms with Gasteiger partial charge in [-0.05, 0) is 37.3 Å². The number of ether oxygens (including phenoxy) is 1. The molecule has 0 aliphatic carbocycles. The summed E-state index contributed by atoms with van der Waals surface area (Å²) in [6.07, 6.45) is -3.39.